The van der Waals surface area contributed by atoms with Crippen LogP contribution in [0.4, 0.5) is 4.79 Å². The van der Waals surface area contributed by atoms with Gasteiger partial charge in [0.1, 0.15) is 12.1 Å². The lowest BCUT2D eigenvalue weighted by molar-refractivity contribution is -0.143. The van der Waals surface area contributed by atoms with Crippen molar-refractivity contribution in [3.63, 3.8) is 0 Å². The summed E-state index contributed by atoms with van der Waals surface area (Å²) in [5.74, 6) is 3.31. The number of carbonyl (C=O) groups excluding carboxylic acids is 2. The fourth-order valence-electron chi connectivity index (χ4n) is 2.79. The van der Waals surface area contributed by atoms with Gasteiger partial charge in [-0.2, -0.15) is 5.10 Å². The number of aliphatic carboxylic acids is 1. The molecule has 0 bridgehead atoms. The molecule has 8 nitrogen and oxygen atoms in total. The lowest BCUT2D eigenvalue weighted by Crippen LogP contribution is -2.44. The van der Waals surface area contributed by atoms with Gasteiger partial charge < -0.3 is 15.8 Å². The number of likely N-dealkylation sites (N-methyl/N-ethyl adjacent to an activating group) is 1. The van der Waals surface area contributed by atoms with Crippen LogP contribution in [0.25, 0.3) is 0 Å². The Morgan fingerprint density at radius 1 is 1.35 bits per heavy atom. The number of amides is 3. The molecule has 1 aromatic carbocycles. The Kier molecular flexibility index (Phi) is 4.35. The van der Waals surface area contributed by atoms with Gasteiger partial charge in [-0.15, -0.1) is 0 Å². The van der Waals surface area contributed by atoms with Crippen LogP contribution in [0.2, 0.25) is 0 Å². The van der Waals surface area contributed by atoms with Gasteiger partial charge in [0.15, 0.2) is 0 Å². The maximum atomic E-state index is 12.7. The first-order chi connectivity index (χ1) is 10.9. The summed E-state index contributed by atoms with van der Waals surface area (Å²) in [5.41, 5.74) is 0.112. The minimum Gasteiger partial charge on any atom is -0.480 e. The second-order valence-corrected chi connectivity index (χ2v) is 5.28. The van der Waals surface area contributed by atoms with E-state index in [0.717, 1.165) is 10.5 Å². The maximum absolute atomic E-state index is 12.7. The van der Waals surface area contributed by atoms with E-state index < -0.39 is 30.0 Å². The monoisotopic (exact) mass is 318 g/mol. The summed E-state index contributed by atoms with van der Waals surface area (Å²) in [4.78, 5) is 38.1. The van der Waals surface area contributed by atoms with Crippen molar-refractivity contribution < 1.29 is 19.5 Å². The SMILES string of the molecule is CCN1C(=O)N(CC(=O)O)C(=O)[C@]1(C)c1ccc(C=NN)cc1. The van der Waals surface area contributed by atoms with E-state index in [9.17, 15) is 14.4 Å². The molecule has 23 heavy (non-hydrogen) atoms. The Morgan fingerprint density at radius 3 is 2.43 bits per heavy atom. The second kappa shape index (κ2) is 6.07. The van der Waals surface area contributed by atoms with Crippen molar-refractivity contribution in [2.24, 2.45) is 10.9 Å². The van der Waals surface area contributed by atoms with Gasteiger partial charge in [0, 0.05) is 6.54 Å². The fourth-order valence-corrected chi connectivity index (χ4v) is 2.79. The molecule has 3 amide bonds. The lowest BCUT2D eigenvalue weighted by Gasteiger charge is -2.31. The molecule has 0 spiro atoms. The van der Waals surface area contributed by atoms with Crippen LogP contribution in [0.15, 0.2) is 29.4 Å². The van der Waals surface area contributed by atoms with Gasteiger partial charge in [0.2, 0.25) is 0 Å². The molecule has 1 atom stereocenters. The van der Waals surface area contributed by atoms with Crippen LogP contribution in [0.1, 0.15) is 25.0 Å². The quantitative estimate of drug-likeness (QED) is 0.356. The summed E-state index contributed by atoms with van der Waals surface area (Å²) in [7, 11) is 0. The zero-order chi connectivity index (χ0) is 17.2. The number of carboxylic acids is 1. The van der Waals surface area contributed by atoms with E-state index in [-0.39, 0.29) is 6.54 Å². The molecule has 1 aromatic rings. The summed E-state index contributed by atoms with van der Waals surface area (Å²) < 4.78 is 0. The number of benzene rings is 1. The summed E-state index contributed by atoms with van der Waals surface area (Å²) >= 11 is 0. The van der Waals surface area contributed by atoms with Crippen LogP contribution >= 0.6 is 0 Å². The van der Waals surface area contributed by atoms with Gasteiger partial charge in [0.05, 0.1) is 6.21 Å². The van der Waals surface area contributed by atoms with Crippen molar-refractivity contribution >= 4 is 24.1 Å². The Hall–Kier alpha value is -2.90. The topological polar surface area (TPSA) is 116 Å². The number of imide groups is 1. The number of hydrogen-bond donors (Lipinski definition) is 2. The Morgan fingerprint density at radius 2 is 1.96 bits per heavy atom. The third-order valence-electron chi connectivity index (χ3n) is 3.97. The van der Waals surface area contributed by atoms with Crippen LogP contribution < -0.4 is 5.84 Å². The minimum absolute atomic E-state index is 0.281. The van der Waals surface area contributed by atoms with E-state index >= 15 is 0 Å². The Balaban J connectivity index is 2.46. The summed E-state index contributed by atoms with van der Waals surface area (Å²) in [5, 5.41) is 12.3. The standard InChI is InChI=1S/C15H18N4O4/c1-3-19-14(23)18(9-12(20)21)13(22)15(19,2)11-6-4-10(5-7-11)8-17-16/h4-8H,3,9,16H2,1-2H3,(H,20,21)/t15-/m0/s1. The predicted octanol–water partition coefficient (Wildman–Crippen LogP) is 0.563. The number of carboxylic acid groups (broad SMARTS) is 1. The van der Waals surface area contributed by atoms with Crippen LogP contribution in [-0.2, 0) is 15.1 Å². The number of urea groups is 1. The molecule has 8 heteroatoms. The zero-order valence-electron chi connectivity index (χ0n) is 12.9. The molecule has 1 aliphatic rings. The highest BCUT2D eigenvalue weighted by atomic mass is 16.4. The van der Waals surface area contributed by atoms with E-state index in [1.165, 1.54) is 11.1 Å². The van der Waals surface area contributed by atoms with Crippen molar-refractivity contribution in [3.05, 3.63) is 35.4 Å². The molecular weight excluding hydrogens is 300 g/mol. The number of nitrogens with zero attached hydrogens (tertiary/aromatic N) is 3. The first-order valence-corrected chi connectivity index (χ1v) is 7.05. The molecule has 1 fully saturated rings. The molecule has 1 heterocycles. The van der Waals surface area contributed by atoms with Crippen molar-refractivity contribution in [1.29, 1.82) is 0 Å². The number of hydrogen-bond acceptors (Lipinski definition) is 5. The predicted molar refractivity (Wildman–Crippen MR) is 82.7 cm³/mol. The third-order valence-corrected chi connectivity index (χ3v) is 3.97. The van der Waals surface area contributed by atoms with Crippen LogP contribution in [0, 0.1) is 0 Å². The third kappa shape index (κ3) is 2.63. The average molecular weight is 318 g/mol. The second-order valence-electron chi connectivity index (χ2n) is 5.28. The van der Waals surface area contributed by atoms with E-state index in [1.807, 2.05) is 0 Å². The smallest absolute Gasteiger partial charge is 0.328 e. The molecule has 3 N–H and O–H groups in total. The first kappa shape index (κ1) is 16.5. The molecule has 1 saturated heterocycles. The van der Waals surface area contributed by atoms with Gasteiger partial charge in [-0.25, -0.2) is 4.79 Å². The van der Waals surface area contributed by atoms with E-state index in [4.69, 9.17) is 10.9 Å². The van der Waals surface area contributed by atoms with E-state index in [0.29, 0.717) is 5.56 Å². The highest BCUT2D eigenvalue weighted by Crippen LogP contribution is 2.36. The van der Waals surface area contributed by atoms with Crippen molar-refractivity contribution in [2.75, 3.05) is 13.1 Å². The molecule has 1 aliphatic heterocycles. The highest BCUT2D eigenvalue weighted by molar-refractivity contribution is 6.08. The molecule has 0 unspecified atom stereocenters. The maximum Gasteiger partial charge on any atom is 0.328 e. The molecular formula is C15H18N4O4. The number of carbonyl (C=O) groups is 3. The first-order valence-electron chi connectivity index (χ1n) is 7.05. The van der Waals surface area contributed by atoms with Gasteiger partial charge >= 0.3 is 12.0 Å². The number of nitrogens with two attached hydrogens (primary N) is 1. The number of hydrazone groups is 1. The van der Waals surface area contributed by atoms with E-state index in [2.05, 4.69) is 5.10 Å². The largest absolute Gasteiger partial charge is 0.480 e. The van der Waals surface area contributed by atoms with Crippen LogP contribution in [-0.4, -0.2) is 52.1 Å². The van der Waals surface area contributed by atoms with Crippen LogP contribution in [0.3, 0.4) is 0 Å². The Bertz CT molecular complexity index is 671. The van der Waals surface area contributed by atoms with Crippen molar-refractivity contribution in [2.45, 2.75) is 19.4 Å². The van der Waals surface area contributed by atoms with Crippen molar-refractivity contribution in [3.8, 4) is 0 Å². The summed E-state index contributed by atoms with van der Waals surface area (Å²) in [6.07, 6.45) is 1.46. The lowest BCUT2D eigenvalue weighted by atomic mass is 9.89. The molecule has 0 saturated carbocycles. The Labute approximate surface area is 133 Å². The zero-order valence-corrected chi connectivity index (χ0v) is 12.9. The number of rotatable bonds is 5. The fraction of sp³-hybridized carbons (Fsp3) is 0.333. The molecule has 0 radical (unpaired) electrons. The summed E-state index contributed by atoms with van der Waals surface area (Å²) in [6, 6.07) is 6.25. The highest BCUT2D eigenvalue weighted by Gasteiger charge is 2.54. The van der Waals surface area contributed by atoms with Crippen LogP contribution in [0.5, 0.6) is 0 Å². The molecule has 0 aromatic heterocycles. The summed E-state index contributed by atoms with van der Waals surface area (Å²) in [6.45, 7) is 2.98. The van der Waals surface area contributed by atoms with Gasteiger partial charge in [0.25, 0.3) is 5.91 Å². The van der Waals surface area contributed by atoms with Gasteiger partial charge in [-0.3, -0.25) is 14.5 Å². The van der Waals surface area contributed by atoms with Gasteiger partial charge in [-0.1, -0.05) is 24.3 Å². The van der Waals surface area contributed by atoms with Gasteiger partial charge in [-0.05, 0) is 25.0 Å². The molecule has 122 valence electrons. The minimum atomic E-state index is -1.24. The molecule has 2 rings (SSSR count). The average Bonchev–Trinajstić information content (AvgIpc) is 2.69. The normalized spacial score (nSPS) is 21.5. The molecule has 0 aliphatic carbocycles. The van der Waals surface area contributed by atoms with Crippen molar-refractivity contribution in [1.82, 2.24) is 9.80 Å². The van der Waals surface area contributed by atoms with E-state index in [1.54, 1.807) is 38.1 Å².